The van der Waals surface area contributed by atoms with Gasteiger partial charge in [0.15, 0.2) is 0 Å². The number of carbonyl (C=O) groups is 3. The lowest BCUT2D eigenvalue weighted by molar-refractivity contribution is -0.136. The van der Waals surface area contributed by atoms with E-state index in [4.69, 9.17) is 9.47 Å². The van der Waals surface area contributed by atoms with Crippen LogP contribution in [0.1, 0.15) is 73.7 Å². The fourth-order valence-corrected chi connectivity index (χ4v) is 5.90. The number of rotatable bonds is 6. The van der Waals surface area contributed by atoms with Gasteiger partial charge < -0.3 is 19.7 Å². The third-order valence-corrected chi connectivity index (χ3v) is 7.67. The summed E-state index contributed by atoms with van der Waals surface area (Å²) in [6.07, 6.45) is 8.85. The number of imide groups is 1. The summed E-state index contributed by atoms with van der Waals surface area (Å²) < 4.78 is 12.1. The van der Waals surface area contributed by atoms with E-state index in [1.807, 2.05) is 18.2 Å². The Morgan fingerprint density at radius 2 is 1.73 bits per heavy atom. The van der Waals surface area contributed by atoms with E-state index in [9.17, 15) is 14.4 Å². The minimum Gasteiger partial charge on any atom is -0.489 e. The van der Waals surface area contributed by atoms with Gasteiger partial charge >= 0.3 is 0 Å². The molecule has 2 aliphatic carbocycles. The molecule has 2 N–H and O–H groups in total. The molecule has 0 spiro atoms. The molecule has 0 aromatic heterocycles. The number of hydrogen-bond donors (Lipinski definition) is 2. The van der Waals surface area contributed by atoms with Crippen molar-refractivity contribution in [2.75, 3.05) is 7.11 Å². The van der Waals surface area contributed by atoms with Crippen molar-refractivity contribution in [1.29, 1.82) is 0 Å². The second kappa shape index (κ2) is 9.43. The molecule has 2 saturated carbocycles. The first-order valence-electron chi connectivity index (χ1n) is 12.3. The monoisotopic (exact) mass is 455 g/mol. The van der Waals surface area contributed by atoms with Gasteiger partial charge in [-0.2, -0.15) is 0 Å². The summed E-state index contributed by atoms with van der Waals surface area (Å²) >= 11 is 0. The number of nitrogens with zero attached hydrogens (tertiary/aromatic N) is 1. The topological polar surface area (TPSA) is 97.0 Å². The molecule has 3 fully saturated rings. The highest BCUT2D eigenvalue weighted by Gasteiger charge is 2.39. The lowest BCUT2D eigenvalue weighted by Gasteiger charge is -2.35. The Kier molecular flexibility index (Phi) is 6.38. The van der Waals surface area contributed by atoms with Gasteiger partial charge in [0, 0.05) is 37.7 Å². The largest absolute Gasteiger partial charge is 0.489 e. The molecule has 5 atom stereocenters. The number of piperidine rings is 1. The van der Waals surface area contributed by atoms with Gasteiger partial charge in [-0.1, -0.05) is 6.42 Å². The van der Waals surface area contributed by atoms with E-state index in [-0.39, 0.29) is 42.4 Å². The van der Waals surface area contributed by atoms with Gasteiger partial charge in [0.2, 0.25) is 11.8 Å². The van der Waals surface area contributed by atoms with Crippen LogP contribution in [-0.2, 0) is 20.9 Å². The maximum atomic E-state index is 12.9. The van der Waals surface area contributed by atoms with E-state index in [0.29, 0.717) is 24.6 Å². The van der Waals surface area contributed by atoms with E-state index < -0.39 is 6.04 Å². The Morgan fingerprint density at radius 3 is 2.55 bits per heavy atom. The highest BCUT2D eigenvalue weighted by molar-refractivity contribution is 6.05. The molecule has 0 bridgehead atoms. The molecule has 5 rings (SSSR count). The molecule has 8 heteroatoms. The molecule has 3 unspecified atom stereocenters. The molecular formula is C25H33N3O5. The van der Waals surface area contributed by atoms with Crippen LogP contribution in [0.4, 0.5) is 0 Å². The van der Waals surface area contributed by atoms with Crippen molar-refractivity contribution in [3.63, 3.8) is 0 Å². The normalized spacial score (nSPS) is 32.1. The molecule has 1 saturated heterocycles. The molecule has 1 aromatic rings. The van der Waals surface area contributed by atoms with Crippen LogP contribution in [0.15, 0.2) is 18.2 Å². The fraction of sp³-hybridized carbons (Fsp3) is 0.640. The predicted octanol–water partition coefficient (Wildman–Crippen LogP) is 2.29. The first kappa shape index (κ1) is 22.3. The summed E-state index contributed by atoms with van der Waals surface area (Å²) in [6, 6.07) is 5.68. The number of methoxy groups -OCH3 is 1. The van der Waals surface area contributed by atoms with Crippen molar-refractivity contribution in [3.8, 4) is 5.75 Å². The van der Waals surface area contributed by atoms with Gasteiger partial charge in [-0.05, 0) is 68.7 Å². The Hall–Kier alpha value is -2.45. The van der Waals surface area contributed by atoms with Gasteiger partial charge in [0.1, 0.15) is 17.9 Å². The number of amides is 3. The van der Waals surface area contributed by atoms with Crippen LogP contribution in [0.25, 0.3) is 0 Å². The highest BCUT2D eigenvalue weighted by atomic mass is 16.5. The smallest absolute Gasteiger partial charge is 0.255 e. The number of nitrogens with one attached hydrogen (secondary N) is 2. The molecule has 1 aromatic carbocycles. The second-order valence-electron chi connectivity index (χ2n) is 9.74. The number of fused-ring (bicyclic) bond motifs is 1. The molecule has 2 aliphatic heterocycles. The zero-order chi connectivity index (χ0) is 22.9. The lowest BCUT2D eigenvalue weighted by Crippen LogP contribution is -2.52. The van der Waals surface area contributed by atoms with Crippen molar-refractivity contribution < 1.29 is 23.9 Å². The van der Waals surface area contributed by atoms with Crippen molar-refractivity contribution in [2.45, 2.75) is 94.7 Å². The minimum absolute atomic E-state index is 0.0817. The van der Waals surface area contributed by atoms with E-state index in [1.165, 1.54) is 12.8 Å². The predicted molar refractivity (Wildman–Crippen MR) is 121 cm³/mol. The van der Waals surface area contributed by atoms with E-state index >= 15 is 0 Å². The Balaban J connectivity index is 1.26. The van der Waals surface area contributed by atoms with Gasteiger partial charge in [-0.3, -0.25) is 19.7 Å². The first-order valence-corrected chi connectivity index (χ1v) is 12.3. The van der Waals surface area contributed by atoms with Gasteiger partial charge in [-0.15, -0.1) is 0 Å². The summed E-state index contributed by atoms with van der Waals surface area (Å²) in [6.45, 7) is 0.363. The number of hydrogen-bond acceptors (Lipinski definition) is 6. The summed E-state index contributed by atoms with van der Waals surface area (Å²) in [5, 5.41) is 6.17. The molecule has 4 aliphatic rings. The summed E-state index contributed by atoms with van der Waals surface area (Å²) in [4.78, 5) is 38.3. The first-order chi connectivity index (χ1) is 16.0. The van der Waals surface area contributed by atoms with Crippen LogP contribution in [0, 0.1) is 0 Å². The zero-order valence-electron chi connectivity index (χ0n) is 19.2. The summed E-state index contributed by atoms with van der Waals surface area (Å²) in [5.74, 6) is -0.0578. The summed E-state index contributed by atoms with van der Waals surface area (Å²) in [7, 11) is 1.80. The SMILES string of the molecule is CO[C@@H]1CCC[C@H]1NC1CCCCC1Oc1ccc2c(c1)CN(C1CCC(=O)NC1=O)C2=O. The average Bonchev–Trinajstić information content (AvgIpc) is 3.39. The number of benzene rings is 1. The third kappa shape index (κ3) is 4.51. The van der Waals surface area contributed by atoms with E-state index in [0.717, 1.165) is 43.4 Å². The Labute approximate surface area is 194 Å². The van der Waals surface area contributed by atoms with Crippen LogP contribution < -0.4 is 15.4 Å². The molecule has 178 valence electrons. The quantitative estimate of drug-likeness (QED) is 0.639. The van der Waals surface area contributed by atoms with Crippen molar-refractivity contribution in [2.24, 2.45) is 0 Å². The maximum Gasteiger partial charge on any atom is 0.255 e. The van der Waals surface area contributed by atoms with Crippen molar-refractivity contribution in [1.82, 2.24) is 15.5 Å². The van der Waals surface area contributed by atoms with Crippen molar-refractivity contribution >= 4 is 17.7 Å². The zero-order valence-corrected chi connectivity index (χ0v) is 19.2. The average molecular weight is 456 g/mol. The third-order valence-electron chi connectivity index (χ3n) is 7.67. The van der Waals surface area contributed by atoms with E-state index in [1.54, 1.807) is 12.0 Å². The fourth-order valence-electron chi connectivity index (χ4n) is 5.90. The van der Waals surface area contributed by atoms with Gasteiger partial charge in [0.25, 0.3) is 5.91 Å². The van der Waals surface area contributed by atoms with Gasteiger partial charge in [0.05, 0.1) is 6.10 Å². The van der Waals surface area contributed by atoms with Crippen LogP contribution in [0.5, 0.6) is 5.75 Å². The van der Waals surface area contributed by atoms with Crippen LogP contribution in [-0.4, -0.2) is 60.1 Å². The maximum absolute atomic E-state index is 12.9. The standard InChI is InChI=1S/C25H33N3O5/c1-32-21-8-4-6-18(21)26-19-5-2-3-7-22(19)33-16-9-10-17-15(13-16)14-28(25(17)31)20-11-12-23(29)27-24(20)30/h9-10,13,18-22,26H,2-8,11-12,14H2,1H3,(H,27,29,30)/t18-,19?,20?,21-,22?/m1/s1. The Bertz CT molecular complexity index is 935. The minimum atomic E-state index is -0.598. The molecule has 8 nitrogen and oxygen atoms in total. The van der Waals surface area contributed by atoms with Crippen molar-refractivity contribution in [3.05, 3.63) is 29.3 Å². The highest BCUT2D eigenvalue weighted by Crippen LogP contribution is 2.32. The lowest BCUT2D eigenvalue weighted by atomic mass is 9.91. The Morgan fingerprint density at radius 1 is 0.970 bits per heavy atom. The molecule has 33 heavy (non-hydrogen) atoms. The number of carbonyl (C=O) groups excluding carboxylic acids is 3. The summed E-state index contributed by atoms with van der Waals surface area (Å²) in [5.41, 5.74) is 1.48. The number of ether oxygens (including phenoxy) is 2. The second-order valence-corrected chi connectivity index (χ2v) is 9.74. The van der Waals surface area contributed by atoms with Crippen LogP contribution in [0.2, 0.25) is 0 Å². The van der Waals surface area contributed by atoms with Crippen LogP contribution in [0.3, 0.4) is 0 Å². The van der Waals surface area contributed by atoms with Crippen LogP contribution >= 0.6 is 0 Å². The molecule has 0 radical (unpaired) electrons. The molecule has 3 amide bonds. The van der Waals surface area contributed by atoms with Gasteiger partial charge in [-0.25, -0.2) is 0 Å². The molecular weight excluding hydrogens is 422 g/mol. The molecule has 2 heterocycles. The van der Waals surface area contributed by atoms with E-state index in [2.05, 4.69) is 10.6 Å².